The van der Waals surface area contributed by atoms with E-state index in [-0.39, 0.29) is 0 Å². The van der Waals surface area contributed by atoms with Gasteiger partial charge in [-0.05, 0) is 103 Å². The molecule has 0 bridgehead atoms. The summed E-state index contributed by atoms with van der Waals surface area (Å²) in [6.45, 7) is 0. The van der Waals surface area contributed by atoms with E-state index in [0.717, 1.165) is 0 Å². The lowest BCUT2D eigenvalue weighted by molar-refractivity contribution is 1.62. The molecule has 0 atom stereocenters. The number of benzene rings is 6. The molecule has 3 aromatic heterocycles. The fraction of sp³-hybridized carbons (Fsp3) is 0. The van der Waals surface area contributed by atoms with Gasteiger partial charge in [0.05, 0.1) is 9.40 Å². The lowest BCUT2D eigenvalue weighted by Gasteiger charge is -2.07. The zero-order chi connectivity index (χ0) is 25.5. The molecule has 182 valence electrons. The van der Waals surface area contributed by atoms with Gasteiger partial charge in [0.1, 0.15) is 0 Å². The van der Waals surface area contributed by atoms with Crippen molar-refractivity contribution >= 4 is 95.2 Å². The molecule has 6 aromatic carbocycles. The van der Waals surface area contributed by atoms with Gasteiger partial charge in [0, 0.05) is 24.9 Å². The second-order valence-corrected chi connectivity index (χ2v) is 13.3. The van der Waals surface area contributed by atoms with Crippen LogP contribution in [0.4, 0.5) is 0 Å². The normalized spacial score (nSPS) is 12.1. The van der Waals surface area contributed by atoms with E-state index in [4.69, 9.17) is 0 Å². The second-order valence-electron chi connectivity index (χ2n) is 10.2. The highest BCUT2D eigenvalue weighted by atomic mass is 32.1. The van der Waals surface area contributed by atoms with Crippen LogP contribution in [0.15, 0.2) is 121 Å². The van der Waals surface area contributed by atoms with E-state index in [1.165, 1.54) is 83.5 Å². The summed E-state index contributed by atoms with van der Waals surface area (Å²) in [4.78, 5) is 0. The van der Waals surface area contributed by atoms with Crippen molar-refractivity contribution in [1.82, 2.24) is 0 Å². The Morgan fingerprint density at radius 3 is 1.59 bits per heavy atom. The van der Waals surface area contributed by atoms with Crippen molar-refractivity contribution in [2.75, 3.05) is 0 Å². The minimum absolute atomic E-state index is 1.25. The van der Waals surface area contributed by atoms with Crippen molar-refractivity contribution in [3.8, 4) is 22.3 Å². The summed E-state index contributed by atoms with van der Waals surface area (Å²) < 4.78 is 6.93. The van der Waals surface area contributed by atoms with E-state index in [9.17, 15) is 0 Å². The van der Waals surface area contributed by atoms with E-state index in [0.29, 0.717) is 0 Å². The minimum Gasteiger partial charge on any atom is -0.144 e. The molecule has 9 rings (SSSR count). The van der Waals surface area contributed by atoms with Crippen molar-refractivity contribution in [3.05, 3.63) is 121 Å². The van der Waals surface area contributed by atoms with Crippen LogP contribution >= 0.6 is 34.0 Å². The summed E-state index contributed by atoms with van der Waals surface area (Å²) in [5.41, 5.74) is 5.04. The van der Waals surface area contributed by atoms with E-state index in [1.807, 2.05) is 22.7 Å². The molecule has 0 spiro atoms. The van der Waals surface area contributed by atoms with Crippen molar-refractivity contribution in [3.63, 3.8) is 0 Å². The predicted octanol–water partition coefficient (Wildman–Crippen LogP) is 12.1. The average molecular weight is 549 g/mol. The standard InChI is InChI=1S/C36H20S3/c1-2-4-24-19-33-30(17-23(24)3-1)35-36(38-33)31-18-27-10-9-25(16-29(27)20-34(31)39-35)21-5-7-22(8-6-21)26-11-12-32-28(15-26)13-14-37-32/h1-20H. The maximum absolute atomic E-state index is 2.39. The molecule has 0 fully saturated rings. The van der Waals surface area contributed by atoms with Gasteiger partial charge in [0.15, 0.2) is 0 Å². The molecule has 0 amide bonds. The lowest BCUT2D eigenvalue weighted by Crippen LogP contribution is -1.81. The average Bonchev–Trinajstić information content (AvgIpc) is 3.68. The van der Waals surface area contributed by atoms with E-state index < -0.39 is 0 Å². The molecule has 9 aromatic rings. The number of rotatable bonds is 2. The molecule has 0 unspecified atom stereocenters. The van der Waals surface area contributed by atoms with Gasteiger partial charge < -0.3 is 0 Å². The first kappa shape index (κ1) is 21.9. The van der Waals surface area contributed by atoms with Crippen molar-refractivity contribution in [2.45, 2.75) is 0 Å². The largest absolute Gasteiger partial charge is 0.144 e. The highest BCUT2D eigenvalue weighted by Crippen LogP contribution is 2.46. The van der Waals surface area contributed by atoms with Gasteiger partial charge in [-0.25, -0.2) is 0 Å². The molecule has 0 saturated heterocycles. The van der Waals surface area contributed by atoms with Gasteiger partial charge in [-0.1, -0.05) is 66.7 Å². The van der Waals surface area contributed by atoms with Gasteiger partial charge in [-0.15, -0.1) is 34.0 Å². The van der Waals surface area contributed by atoms with Gasteiger partial charge >= 0.3 is 0 Å². The molecule has 0 aliphatic heterocycles. The Morgan fingerprint density at radius 2 is 0.897 bits per heavy atom. The Labute approximate surface area is 237 Å². The molecule has 0 nitrogen and oxygen atoms in total. The summed E-state index contributed by atoms with van der Waals surface area (Å²) in [6.07, 6.45) is 0. The Hall–Kier alpha value is -4.02. The van der Waals surface area contributed by atoms with Crippen LogP contribution in [-0.4, -0.2) is 0 Å². The third kappa shape index (κ3) is 3.41. The van der Waals surface area contributed by atoms with Crippen LogP contribution in [0.3, 0.4) is 0 Å². The number of hydrogen-bond donors (Lipinski definition) is 0. The summed E-state index contributed by atoms with van der Waals surface area (Å²) in [6, 6.07) is 43.1. The molecule has 0 aliphatic rings. The number of fused-ring (bicyclic) bond motifs is 8. The maximum Gasteiger partial charge on any atom is 0.0542 e. The van der Waals surface area contributed by atoms with Crippen LogP contribution in [0.2, 0.25) is 0 Å². The van der Waals surface area contributed by atoms with E-state index >= 15 is 0 Å². The van der Waals surface area contributed by atoms with Crippen molar-refractivity contribution in [2.24, 2.45) is 0 Å². The molecular weight excluding hydrogens is 529 g/mol. The molecule has 39 heavy (non-hydrogen) atoms. The van der Waals surface area contributed by atoms with Crippen molar-refractivity contribution in [1.29, 1.82) is 0 Å². The fourth-order valence-corrected chi connectivity index (χ4v) is 9.33. The van der Waals surface area contributed by atoms with Crippen LogP contribution < -0.4 is 0 Å². The van der Waals surface area contributed by atoms with Crippen LogP contribution in [0.1, 0.15) is 0 Å². The van der Waals surface area contributed by atoms with Crippen LogP contribution in [0, 0.1) is 0 Å². The molecule has 0 aliphatic carbocycles. The molecule has 3 heteroatoms. The molecule has 0 radical (unpaired) electrons. The van der Waals surface area contributed by atoms with E-state index in [1.54, 1.807) is 11.3 Å². The fourth-order valence-electron chi connectivity index (χ4n) is 5.87. The highest BCUT2D eigenvalue weighted by molar-refractivity contribution is 7.36. The highest BCUT2D eigenvalue weighted by Gasteiger charge is 2.14. The van der Waals surface area contributed by atoms with Gasteiger partial charge in [0.25, 0.3) is 0 Å². The Balaban J connectivity index is 1.13. The SMILES string of the molecule is c1ccc2cc3c(cc2c1)sc1c2cc4ccc(-c5ccc(-c6ccc7sccc7c6)cc5)cc4cc2sc31. The minimum atomic E-state index is 1.25. The summed E-state index contributed by atoms with van der Waals surface area (Å²) >= 11 is 5.66. The third-order valence-corrected chi connectivity index (χ3v) is 11.3. The summed E-state index contributed by atoms with van der Waals surface area (Å²) in [7, 11) is 0. The zero-order valence-corrected chi connectivity index (χ0v) is 23.2. The second kappa shape index (κ2) is 8.24. The first-order valence-corrected chi connectivity index (χ1v) is 15.6. The molecule has 3 heterocycles. The topological polar surface area (TPSA) is 0 Å². The third-order valence-electron chi connectivity index (χ3n) is 7.91. The first-order chi connectivity index (χ1) is 19.3. The van der Waals surface area contributed by atoms with Gasteiger partial charge in [-0.2, -0.15) is 0 Å². The van der Waals surface area contributed by atoms with Crippen LogP contribution in [-0.2, 0) is 0 Å². The maximum atomic E-state index is 2.39. The summed E-state index contributed by atoms with van der Waals surface area (Å²) in [5.74, 6) is 0. The van der Waals surface area contributed by atoms with Gasteiger partial charge in [-0.3, -0.25) is 0 Å². The first-order valence-electron chi connectivity index (χ1n) is 13.1. The predicted molar refractivity (Wildman–Crippen MR) is 176 cm³/mol. The van der Waals surface area contributed by atoms with Gasteiger partial charge in [0.2, 0.25) is 0 Å². The van der Waals surface area contributed by atoms with Crippen LogP contribution in [0.25, 0.3) is 83.5 Å². The molecule has 0 N–H and O–H groups in total. The summed E-state index contributed by atoms with van der Waals surface area (Å²) in [5, 5.41) is 11.5. The molecular formula is C36H20S3. The Kier molecular flexibility index (Phi) is 4.62. The lowest BCUT2D eigenvalue weighted by atomic mass is 9.97. The number of hydrogen-bond acceptors (Lipinski definition) is 3. The zero-order valence-electron chi connectivity index (χ0n) is 20.8. The Morgan fingerprint density at radius 1 is 0.359 bits per heavy atom. The van der Waals surface area contributed by atoms with Crippen LogP contribution in [0.5, 0.6) is 0 Å². The van der Waals surface area contributed by atoms with E-state index in [2.05, 4.69) is 121 Å². The quantitative estimate of drug-likeness (QED) is 0.201. The molecule has 0 saturated carbocycles. The number of thiophene rings is 3. The monoisotopic (exact) mass is 548 g/mol. The smallest absolute Gasteiger partial charge is 0.0542 e. The Bertz CT molecular complexity index is 2380. The van der Waals surface area contributed by atoms with Crippen molar-refractivity contribution < 1.29 is 0 Å².